The van der Waals surface area contributed by atoms with Crippen LogP contribution in [0.1, 0.15) is 0 Å². The van der Waals surface area contributed by atoms with Crippen molar-refractivity contribution < 1.29 is 0 Å². The van der Waals surface area contributed by atoms with Crippen LogP contribution in [0.4, 0.5) is 0 Å². The minimum atomic E-state index is -0.299. The summed E-state index contributed by atoms with van der Waals surface area (Å²) >= 11 is 5.99. The second-order valence-corrected chi connectivity index (χ2v) is 4.71. The zero-order chi connectivity index (χ0) is 13.7. The van der Waals surface area contributed by atoms with E-state index in [1.807, 2.05) is 6.07 Å². The monoisotopic (exact) mass is 286 g/mol. The fourth-order valence-corrected chi connectivity index (χ4v) is 2.39. The summed E-state index contributed by atoms with van der Waals surface area (Å²) < 4.78 is 1.16. The van der Waals surface area contributed by atoms with Crippen molar-refractivity contribution in [1.29, 1.82) is 0 Å². The highest BCUT2D eigenvalue weighted by Gasteiger charge is 2.12. The highest BCUT2D eigenvalue weighted by atomic mass is 35.5. The quantitative estimate of drug-likeness (QED) is 0.556. The Bertz CT molecular complexity index is 984. The van der Waals surface area contributed by atoms with Gasteiger partial charge in [0.2, 0.25) is 5.95 Å². The first kappa shape index (κ1) is 11.2. The van der Waals surface area contributed by atoms with Crippen LogP contribution in [0.15, 0.2) is 35.5 Å². The van der Waals surface area contributed by atoms with Crippen LogP contribution in [0.2, 0.25) is 5.02 Å². The third kappa shape index (κ3) is 1.47. The second kappa shape index (κ2) is 3.91. The van der Waals surface area contributed by atoms with Gasteiger partial charge in [0.25, 0.3) is 5.56 Å². The zero-order valence-corrected chi connectivity index (χ0v) is 10.7. The van der Waals surface area contributed by atoms with Gasteiger partial charge >= 0.3 is 0 Å². The summed E-state index contributed by atoms with van der Waals surface area (Å²) in [6.07, 6.45) is 2.92. The van der Waals surface area contributed by atoms with Crippen molar-refractivity contribution in [3.8, 4) is 5.95 Å². The average molecular weight is 287 g/mol. The van der Waals surface area contributed by atoms with Crippen molar-refractivity contribution in [2.45, 2.75) is 0 Å². The third-order valence-corrected chi connectivity index (χ3v) is 3.35. The van der Waals surface area contributed by atoms with E-state index in [2.05, 4.69) is 25.3 Å². The van der Waals surface area contributed by atoms with Crippen LogP contribution >= 0.6 is 11.6 Å². The molecule has 0 aliphatic rings. The molecule has 0 unspecified atom stereocenters. The number of hydrogen-bond acceptors (Lipinski definition) is 4. The lowest BCUT2D eigenvalue weighted by Crippen LogP contribution is -2.22. The van der Waals surface area contributed by atoms with Gasteiger partial charge in [-0.25, -0.2) is 5.10 Å². The largest absolute Gasteiger partial charge is 0.350 e. The Labute approximate surface area is 116 Å². The molecule has 8 heteroatoms. The number of halogens is 1. The molecule has 3 heterocycles. The lowest BCUT2D eigenvalue weighted by Gasteiger charge is -1.98. The Hall–Kier alpha value is -2.67. The molecule has 0 aliphatic carbocycles. The Morgan fingerprint density at radius 3 is 2.95 bits per heavy atom. The van der Waals surface area contributed by atoms with Gasteiger partial charge in [-0.05, 0) is 18.2 Å². The van der Waals surface area contributed by atoms with Crippen LogP contribution in [0.3, 0.4) is 0 Å². The maximum absolute atomic E-state index is 12.4. The molecule has 0 saturated carbocycles. The summed E-state index contributed by atoms with van der Waals surface area (Å²) in [7, 11) is 0. The fraction of sp³-hybridized carbons (Fsp3) is 0. The van der Waals surface area contributed by atoms with Gasteiger partial charge < -0.3 is 4.98 Å². The zero-order valence-electron chi connectivity index (χ0n) is 9.96. The minimum absolute atomic E-state index is 0.272. The minimum Gasteiger partial charge on any atom is -0.350 e. The molecule has 0 amide bonds. The number of fused-ring (bicyclic) bond motifs is 3. The van der Waals surface area contributed by atoms with Crippen molar-refractivity contribution in [2.24, 2.45) is 0 Å². The van der Waals surface area contributed by atoms with E-state index in [-0.39, 0.29) is 11.5 Å². The van der Waals surface area contributed by atoms with E-state index in [0.717, 1.165) is 21.0 Å². The first-order valence-electron chi connectivity index (χ1n) is 5.79. The number of nitrogens with zero attached hydrogens (tertiary/aromatic N) is 4. The molecule has 4 rings (SSSR count). The van der Waals surface area contributed by atoms with Gasteiger partial charge in [0, 0.05) is 21.3 Å². The lowest BCUT2D eigenvalue weighted by molar-refractivity contribution is 0.766. The summed E-state index contributed by atoms with van der Waals surface area (Å²) in [4.78, 5) is 19.4. The van der Waals surface area contributed by atoms with Gasteiger partial charge in [-0.1, -0.05) is 11.6 Å². The van der Waals surface area contributed by atoms with E-state index < -0.39 is 0 Å². The third-order valence-electron chi connectivity index (χ3n) is 3.11. The van der Waals surface area contributed by atoms with Gasteiger partial charge in [-0.15, -0.1) is 0 Å². The molecule has 20 heavy (non-hydrogen) atoms. The van der Waals surface area contributed by atoms with Crippen molar-refractivity contribution >= 4 is 33.4 Å². The molecule has 1 aromatic carbocycles. The molecule has 0 saturated heterocycles. The molecule has 4 aromatic rings. The summed E-state index contributed by atoms with van der Waals surface area (Å²) in [6, 6.07) is 5.40. The molecule has 0 bridgehead atoms. The molecule has 3 aromatic heterocycles. The molecule has 2 N–H and O–H groups in total. The van der Waals surface area contributed by atoms with Crippen LogP contribution in [0.5, 0.6) is 0 Å². The number of aromatic amines is 2. The number of hydrogen-bond donors (Lipinski definition) is 2. The molecular formula is C12H7ClN6O. The molecule has 0 spiro atoms. The summed E-state index contributed by atoms with van der Waals surface area (Å²) in [5, 5.41) is 12.6. The summed E-state index contributed by atoms with van der Waals surface area (Å²) in [6.45, 7) is 0. The van der Waals surface area contributed by atoms with Crippen LogP contribution in [0.25, 0.3) is 27.8 Å². The first-order chi connectivity index (χ1) is 9.74. The normalized spacial score (nSPS) is 11.4. The molecular weight excluding hydrogens is 280 g/mol. The Morgan fingerprint density at radius 1 is 1.25 bits per heavy atom. The van der Waals surface area contributed by atoms with E-state index in [1.165, 1.54) is 6.33 Å². The fourth-order valence-electron chi connectivity index (χ4n) is 2.21. The van der Waals surface area contributed by atoms with E-state index in [0.29, 0.717) is 10.5 Å². The Kier molecular flexibility index (Phi) is 2.19. The number of benzene rings is 1. The number of H-pyrrole nitrogens is 2. The van der Waals surface area contributed by atoms with Crippen molar-refractivity contribution in [3.05, 3.63) is 46.1 Å². The van der Waals surface area contributed by atoms with Gasteiger partial charge in [0.1, 0.15) is 11.8 Å². The average Bonchev–Trinajstić information content (AvgIpc) is 3.07. The first-order valence-corrected chi connectivity index (χ1v) is 6.17. The number of aromatic nitrogens is 6. The molecule has 0 atom stereocenters. The van der Waals surface area contributed by atoms with Gasteiger partial charge in [0.05, 0.1) is 6.20 Å². The topological polar surface area (TPSA) is 92.2 Å². The van der Waals surface area contributed by atoms with E-state index in [9.17, 15) is 4.79 Å². The van der Waals surface area contributed by atoms with E-state index in [1.54, 1.807) is 18.3 Å². The number of rotatable bonds is 1. The van der Waals surface area contributed by atoms with Crippen LogP contribution < -0.4 is 5.56 Å². The second-order valence-electron chi connectivity index (χ2n) is 4.27. The van der Waals surface area contributed by atoms with Crippen LogP contribution in [-0.4, -0.2) is 29.9 Å². The van der Waals surface area contributed by atoms with E-state index >= 15 is 0 Å². The maximum atomic E-state index is 12.4. The highest BCUT2D eigenvalue weighted by Crippen LogP contribution is 2.25. The molecule has 98 valence electrons. The molecule has 0 fully saturated rings. The van der Waals surface area contributed by atoms with Gasteiger partial charge in [-0.3, -0.25) is 4.79 Å². The van der Waals surface area contributed by atoms with Gasteiger partial charge in [0.15, 0.2) is 0 Å². The van der Waals surface area contributed by atoms with Crippen molar-refractivity contribution in [3.63, 3.8) is 0 Å². The Morgan fingerprint density at radius 2 is 2.15 bits per heavy atom. The smallest absolute Gasteiger partial charge is 0.298 e. The summed E-state index contributed by atoms with van der Waals surface area (Å²) in [5.74, 6) is 0.272. The highest BCUT2D eigenvalue weighted by molar-refractivity contribution is 6.31. The maximum Gasteiger partial charge on any atom is 0.298 e. The van der Waals surface area contributed by atoms with Crippen molar-refractivity contribution in [1.82, 2.24) is 29.9 Å². The van der Waals surface area contributed by atoms with E-state index in [4.69, 9.17) is 11.6 Å². The molecule has 0 aliphatic heterocycles. The number of nitrogens with one attached hydrogen (secondary N) is 2. The predicted octanol–water partition coefficient (Wildman–Crippen LogP) is 1.64. The Balaban J connectivity index is 2.12. The predicted molar refractivity (Wildman–Crippen MR) is 74.1 cm³/mol. The van der Waals surface area contributed by atoms with Gasteiger partial charge in [-0.2, -0.15) is 19.9 Å². The molecule has 0 radical (unpaired) electrons. The van der Waals surface area contributed by atoms with Crippen molar-refractivity contribution in [2.75, 3.05) is 0 Å². The summed E-state index contributed by atoms with van der Waals surface area (Å²) in [5.41, 5.74) is 0.985. The SMILES string of the molecule is O=c1c2[nH]c3ccc(Cl)cc3c2cnn1-c1ncn[nH]1. The van der Waals surface area contributed by atoms with Crippen LogP contribution in [-0.2, 0) is 0 Å². The standard InChI is InChI=1S/C12H7ClN6O/c13-6-1-2-9-7(3-6)8-4-16-19(11(20)10(8)17-9)12-14-5-15-18-12/h1-5,17H,(H,14,15,18). The lowest BCUT2D eigenvalue weighted by atomic mass is 10.2. The van der Waals surface area contributed by atoms with Crippen LogP contribution in [0, 0.1) is 0 Å². The molecule has 7 nitrogen and oxygen atoms in total.